The van der Waals surface area contributed by atoms with Crippen LogP contribution in [0, 0.1) is 5.92 Å². The van der Waals surface area contributed by atoms with Crippen molar-refractivity contribution in [1.82, 2.24) is 19.6 Å². The Bertz CT molecular complexity index is 925. The van der Waals surface area contributed by atoms with Gasteiger partial charge in [-0.1, -0.05) is 26.5 Å². The Hall–Kier alpha value is -3.16. The predicted octanol–water partition coefficient (Wildman–Crippen LogP) is 4.42. The van der Waals surface area contributed by atoms with Crippen LogP contribution >= 0.6 is 0 Å². The maximum absolute atomic E-state index is 12.3. The summed E-state index contributed by atoms with van der Waals surface area (Å²) in [5.74, 6) is 1.92. The molecule has 0 fully saturated rings. The first kappa shape index (κ1) is 27.1. The van der Waals surface area contributed by atoms with Crippen molar-refractivity contribution < 1.29 is 9.59 Å². The summed E-state index contributed by atoms with van der Waals surface area (Å²) < 4.78 is 1.89. The fourth-order valence-electron chi connectivity index (χ4n) is 3.64. The molecule has 34 heavy (non-hydrogen) atoms. The molecule has 0 aliphatic carbocycles. The highest BCUT2D eigenvalue weighted by molar-refractivity contribution is 5.93. The van der Waals surface area contributed by atoms with Crippen LogP contribution in [0.4, 0.5) is 5.82 Å². The molecule has 0 saturated heterocycles. The second kappa shape index (κ2) is 13.5. The van der Waals surface area contributed by atoms with Crippen LogP contribution in [-0.4, -0.2) is 63.4 Å². The monoisotopic (exact) mass is 468 g/mol. The Morgan fingerprint density at radius 3 is 2.68 bits per heavy atom. The zero-order valence-electron chi connectivity index (χ0n) is 21.3. The van der Waals surface area contributed by atoms with E-state index >= 15 is 0 Å². The Kier molecular flexibility index (Phi) is 10.8. The molecule has 0 atom stereocenters. The quantitative estimate of drug-likeness (QED) is 0.213. The molecule has 0 bridgehead atoms. The van der Waals surface area contributed by atoms with Crippen LogP contribution < -0.4 is 5.32 Å². The van der Waals surface area contributed by atoms with Gasteiger partial charge in [-0.25, -0.2) is 4.99 Å². The van der Waals surface area contributed by atoms with Crippen LogP contribution in [0.5, 0.6) is 0 Å². The number of carbonyl (C=O) groups is 2. The summed E-state index contributed by atoms with van der Waals surface area (Å²) >= 11 is 0. The SMILES string of the molecule is C=CC(=O)N(CCCCCN1C/C(=C\N=C(C)Nc2ccn(C(C)C)n2)C=CC1=O)CC(C)C. The summed E-state index contributed by atoms with van der Waals surface area (Å²) in [6.07, 6.45) is 11.3. The molecule has 8 nitrogen and oxygen atoms in total. The number of aromatic nitrogens is 2. The highest BCUT2D eigenvalue weighted by Gasteiger charge is 2.16. The van der Waals surface area contributed by atoms with Crippen molar-refractivity contribution in [3.63, 3.8) is 0 Å². The number of amides is 2. The van der Waals surface area contributed by atoms with E-state index in [9.17, 15) is 9.59 Å². The molecule has 2 heterocycles. The third-order valence-corrected chi connectivity index (χ3v) is 5.42. The topological polar surface area (TPSA) is 82.8 Å². The summed E-state index contributed by atoms with van der Waals surface area (Å²) in [6.45, 7) is 16.5. The maximum Gasteiger partial charge on any atom is 0.246 e. The molecule has 1 aliphatic heterocycles. The molecule has 2 rings (SSSR count). The first-order chi connectivity index (χ1) is 16.2. The summed E-state index contributed by atoms with van der Waals surface area (Å²) in [7, 11) is 0. The predicted molar refractivity (Wildman–Crippen MR) is 139 cm³/mol. The standard InChI is InChI=1S/C26H40N6O2/c1-7-25(33)30(18-20(2)3)14-9-8-10-15-31-19-23(11-12-26(31)34)17-27-22(6)28-24-13-16-32(29-24)21(4)5/h7,11-13,16-17,20-21H,1,8-10,14-15,18-19H2,2-6H3,(H,27,28,29)/b23-17-. The van der Waals surface area contributed by atoms with Gasteiger partial charge < -0.3 is 15.1 Å². The average molecular weight is 469 g/mol. The van der Waals surface area contributed by atoms with Crippen molar-refractivity contribution in [2.75, 3.05) is 31.5 Å². The van der Waals surface area contributed by atoms with Crippen LogP contribution in [0.2, 0.25) is 0 Å². The second-order valence-electron chi connectivity index (χ2n) is 9.35. The zero-order chi connectivity index (χ0) is 25.1. The number of hydrogen-bond acceptors (Lipinski definition) is 4. The summed E-state index contributed by atoms with van der Waals surface area (Å²) in [4.78, 5) is 32.5. The van der Waals surface area contributed by atoms with Gasteiger partial charge in [0.05, 0.1) is 0 Å². The van der Waals surface area contributed by atoms with Gasteiger partial charge in [0, 0.05) is 56.8 Å². The van der Waals surface area contributed by atoms with Gasteiger partial charge in [-0.2, -0.15) is 5.10 Å². The number of amidine groups is 1. The number of nitrogens with one attached hydrogen (secondary N) is 1. The van der Waals surface area contributed by atoms with E-state index in [0.29, 0.717) is 25.0 Å². The van der Waals surface area contributed by atoms with E-state index in [4.69, 9.17) is 0 Å². The molecule has 186 valence electrons. The summed E-state index contributed by atoms with van der Waals surface area (Å²) in [6, 6.07) is 2.22. The molecule has 1 aliphatic rings. The van der Waals surface area contributed by atoms with E-state index < -0.39 is 0 Å². The number of hydrogen-bond donors (Lipinski definition) is 1. The molecular weight excluding hydrogens is 428 g/mol. The van der Waals surface area contributed by atoms with Crippen LogP contribution in [0.1, 0.15) is 59.9 Å². The molecule has 8 heteroatoms. The van der Waals surface area contributed by atoms with Crippen molar-refractivity contribution in [3.8, 4) is 0 Å². The van der Waals surface area contributed by atoms with Crippen LogP contribution in [0.15, 0.2) is 53.8 Å². The number of aliphatic imine (C=N–C) groups is 1. The Balaban J connectivity index is 1.81. The van der Waals surface area contributed by atoms with E-state index in [1.807, 2.05) is 39.7 Å². The highest BCUT2D eigenvalue weighted by Crippen LogP contribution is 2.13. The van der Waals surface area contributed by atoms with Gasteiger partial charge in [0.15, 0.2) is 5.82 Å². The van der Waals surface area contributed by atoms with E-state index in [1.54, 1.807) is 12.3 Å². The third kappa shape index (κ3) is 9.00. The van der Waals surface area contributed by atoms with Crippen LogP contribution in [0.3, 0.4) is 0 Å². The molecule has 0 saturated carbocycles. The first-order valence-corrected chi connectivity index (χ1v) is 12.1. The second-order valence-corrected chi connectivity index (χ2v) is 9.35. The Morgan fingerprint density at radius 1 is 1.26 bits per heavy atom. The fourth-order valence-corrected chi connectivity index (χ4v) is 3.64. The minimum Gasteiger partial charge on any atom is -0.339 e. The van der Waals surface area contributed by atoms with E-state index in [-0.39, 0.29) is 11.8 Å². The minimum absolute atomic E-state index is 0.0153. The van der Waals surface area contributed by atoms with Crippen LogP contribution in [0.25, 0.3) is 0 Å². The molecule has 1 N–H and O–H groups in total. The smallest absolute Gasteiger partial charge is 0.246 e. The van der Waals surface area contributed by atoms with Gasteiger partial charge in [-0.05, 0) is 57.6 Å². The van der Waals surface area contributed by atoms with Gasteiger partial charge in [-0.3, -0.25) is 14.3 Å². The lowest BCUT2D eigenvalue weighted by Crippen LogP contribution is -2.35. The molecule has 0 unspecified atom stereocenters. The molecule has 0 radical (unpaired) electrons. The van der Waals surface area contributed by atoms with Gasteiger partial charge in [-0.15, -0.1) is 0 Å². The first-order valence-electron chi connectivity index (χ1n) is 12.1. The molecule has 0 aromatic carbocycles. The highest BCUT2D eigenvalue weighted by atomic mass is 16.2. The van der Waals surface area contributed by atoms with Crippen LogP contribution in [-0.2, 0) is 9.59 Å². The van der Waals surface area contributed by atoms with Gasteiger partial charge in [0.2, 0.25) is 11.8 Å². The van der Waals surface area contributed by atoms with Crippen molar-refractivity contribution in [2.45, 2.75) is 59.9 Å². The normalized spacial score (nSPS) is 15.5. The number of rotatable bonds is 12. The lowest BCUT2D eigenvalue weighted by molar-refractivity contribution is -0.126. The van der Waals surface area contributed by atoms with Crippen molar-refractivity contribution in [3.05, 3.63) is 48.8 Å². The number of anilines is 1. The van der Waals surface area contributed by atoms with Crippen molar-refractivity contribution >= 4 is 23.5 Å². The third-order valence-electron chi connectivity index (χ3n) is 5.42. The molecular formula is C26H40N6O2. The largest absolute Gasteiger partial charge is 0.339 e. The fraction of sp³-hybridized carbons (Fsp3) is 0.538. The van der Waals surface area contributed by atoms with E-state index in [0.717, 1.165) is 49.6 Å². The van der Waals surface area contributed by atoms with Crippen molar-refractivity contribution in [1.29, 1.82) is 0 Å². The summed E-state index contributed by atoms with van der Waals surface area (Å²) in [5.41, 5.74) is 0.980. The molecule has 2 amide bonds. The summed E-state index contributed by atoms with van der Waals surface area (Å²) in [5, 5.41) is 7.66. The number of carbonyl (C=O) groups excluding carboxylic acids is 2. The Labute approximate surface area is 204 Å². The van der Waals surface area contributed by atoms with Gasteiger partial charge in [0.25, 0.3) is 0 Å². The van der Waals surface area contributed by atoms with E-state index in [1.165, 1.54) is 6.08 Å². The molecule has 0 spiro atoms. The average Bonchev–Trinajstić information content (AvgIpc) is 3.26. The van der Waals surface area contributed by atoms with E-state index in [2.05, 4.69) is 49.7 Å². The molecule has 1 aromatic rings. The maximum atomic E-state index is 12.3. The number of nitrogens with zero attached hydrogens (tertiary/aromatic N) is 5. The van der Waals surface area contributed by atoms with Gasteiger partial charge >= 0.3 is 0 Å². The Morgan fingerprint density at radius 2 is 2.03 bits per heavy atom. The lowest BCUT2D eigenvalue weighted by atomic mass is 10.1. The lowest BCUT2D eigenvalue weighted by Gasteiger charge is -2.25. The zero-order valence-corrected chi connectivity index (χ0v) is 21.3. The number of unbranched alkanes of at least 4 members (excludes halogenated alkanes) is 2. The minimum atomic E-state index is -0.0153. The van der Waals surface area contributed by atoms with Gasteiger partial charge in [0.1, 0.15) is 5.84 Å². The van der Waals surface area contributed by atoms with Crippen molar-refractivity contribution in [2.24, 2.45) is 10.9 Å². The molecule has 1 aromatic heterocycles.